The van der Waals surface area contributed by atoms with Crippen molar-refractivity contribution in [1.82, 2.24) is 10.3 Å². The van der Waals surface area contributed by atoms with E-state index in [0.717, 1.165) is 11.6 Å². The van der Waals surface area contributed by atoms with Crippen molar-refractivity contribution >= 4 is 11.8 Å². The Balaban J connectivity index is 1.88. The molecular formula is C15H18N2OS. The van der Waals surface area contributed by atoms with Crippen molar-refractivity contribution in [2.75, 3.05) is 7.05 Å². The van der Waals surface area contributed by atoms with Crippen LogP contribution in [0.15, 0.2) is 46.4 Å². The zero-order valence-corrected chi connectivity index (χ0v) is 11.8. The number of fused-ring (bicyclic) bond motifs is 1. The average Bonchev–Trinajstić information content (AvgIpc) is 2.87. The lowest BCUT2D eigenvalue weighted by molar-refractivity contribution is 0.448. The number of aromatic nitrogens is 1. The number of thioether (sulfide) groups is 1. The van der Waals surface area contributed by atoms with Crippen LogP contribution in [0.1, 0.15) is 30.0 Å². The van der Waals surface area contributed by atoms with Crippen molar-refractivity contribution in [2.24, 2.45) is 0 Å². The molecule has 19 heavy (non-hydrogen) atoms. The predicted octanol–water partition coefficient (Wildman–Crippen LogP) is 3.43. The molecule has 2 atom stereocenters. The molecule has 0 saturated heterocycles. The van der Waals surface area contributed by atoms with Crippen LogP contribution in [-0.2, 0) is 6.42 Å². The maximum absolute atomic E-state index is 5.38. The van der Waals surface area contributed by atoms with Gasteiger partial charge in [-0.2, -0.15) is 0 Å². The van der Waals surface area contributed by atoms with Gasteiger partial charge >= 0.3 is 0 Å². The van der Waals surface area contributed by atoms with Gasteiger partial charge in [0.05, 0.1) is 6.20 Å². The van der Waals surface area contributed by atoms with E-state index in [1.54, 1.807) is 24.2 Å². The highest BCUT2D eigenvalue weighted by Gasteiger charge is 2.28. The van der Waals surface area contributed by atoms with Crippen molar-refractivity contribution in [1.29, 1.82) is 0 Å². The first-order chi connectivity index (χ1) is 9.38. The maximum atomic E-state index is 5.38. The normalized spacial score (nSPS) is 22.8. The van der Waals surface area contributed by atoms with Gasteiger partial charge in [0.15, 0.2) is 0 Å². The van der Waals surface area contributed by atoms with E-state index in [-0.39, 0.29) is 0 Å². The minimum atomic E-state index is 0.357. The Morgan fingerprint density at radius 2 is 2.26 bits per heavy atom. The number of benzene rings is 1. The summed E-state index contributed by atoms with van der Waals surface area (Å²) in [6, 6.07) is 9.10. The van der Waals surface area contributed by atoms with Crippen LogP contribution in [0.3, 0.4) is 0 Å². The Morgan fingerprint density at radius 1 is 1.37 bits per heavy atom. The van der Waals surface area contributed by atoms with Gasteiger partial charge in [-0.25, -0.2) is 4.98 Å². The van der Waals surface area contributed by atoms with Crippen LogP contribution in [0.2, 0.25) is 0 Å². The van der Waals surface area contributed by atoms with Gasteiger partial charge in [0.25, 0.3) is 5.22 Å². The molecule has 2 unspecified atom stereocenters. The summed E-state index contributed by atoms with van der Waals surface area (Å²) < 4.78 is 5.38. The number of aryl methyl sites for hydroxylation is 1. The summed E-state index contributed by atoms with van der Waals surface area (Å²) in [4.78, 5) is 4.23. The molecule has 2 aromatic rings. The van der Waals surface area contributed by atoms with Gasteiger partial charge in [0, 0.05) is 11.3 Å². The summed E-state index contributed by atoms with van der Waals surface area (Å²) in [7, 11) is 2.04. The van der Waals surface area contributed by atoms with Crippen LogP contribution in [0.4, 0.5) is 0 Å². The van der Waals surface area contributed by atoms with E-state index in [4.69, 9.17) is 4.42 Å². The van der Waals surface area contributed by atoms with Gasteiger partial charge in [-0.15, -0.1) is 0 Å². The number of nitrogens with one attached hydrogen (secondary N) is 1. The van der Waals surface area contributed by atoms with Crippen molar-refractivity contribution < 1.29 is 4.42 Å². The van der Waals surface area contributed by atoms with E-state index in [1.807, 2.05) is 7.05 Å². The Hall–Kier alpha value is -1.26. The molecule has 0 saturated carbocycles. The largest absolute Gasteiger partial charge is 0.440 e. The lowest BCUT2D eigenvalue weighted by Crippen LogP contribution is -2.27. The van der Waals surface area contributed by atoms with Crippen molar-refractivity contribution in [2.45, 2.75) is 35.8 Å². The monoisotopic (exact) mass is 274 g/mol. The fourth-order valence-corrected chi connectivity index (χ4v) is 3.99. The highest BCUT2D eigenvalue weighted by atomic mass is 32.2. The minimum absolute atomic E-state index is 0.357. The third kappa shape index (κ3) is 2.69. The molecular weight excluding hydrogens is 256 g/mol. The average molecular weight is 274 g/mol. The van der Waals surface area contributed by atoms with Crippen LogP contribution in [0, 0.1) is 0 Å². The Bertz CT molecular complexity index is 527. The molecule has 0 spiro atoms. The molecule has 0 amide bonds. The Labute approximate surface area is 117 Å². The first-order valence-corrected chi connectivity index (χ1v) is 7.57. The molecule has 1 aromatic heterocycles. The van der Waals surface area contributed by atoms with Crippen LogP contribution in [0.25, 0.3) is 0 Å². The second kappa shape index (κ2) is 5.80. The van der Waals surface area contributed by atoms with E-state index < -0.39 is 0 Å². The zero-order chi connectivity index (χ0) is 13.1. The maximum Gasteiger partial charge on any atom is 0.255 e. The van der Waals surface area contributed by atoms with Gasteiger partial charge < -0.3 is 9.73 Å². The molecule has 3 rings (SSSR count). The SMILES string of the molecule is CNC1c2ccccc2CCCC1Sc1ncco1. The lowest BCUT2D eigenvalue weighted by atomic mass is 9.99. The fraction of sp³-hybridized carbons (Fsp3) is 0.400. The van der Waals surface area contributed by atoms with E-state index in [2.05, 4.69) is 34.6 Å². The third-order valence-corrected chi connectivity index (χ3v) is 4.88. The fourth-order valence-electron chi connectivity index (χ4n) is 2.79. The van der Waals surface area contributed by atoms with Crippen molar-refractivity contribution in [3.63, 3.8) is 0 Å². The molecule has 4 heteroatoms. The summed E-state index contributed by atoms with van der Waals surface area (Å²) in [6.07, 6.45) is 6.90. The summed E-state index contributed by atoms with van der Waals surface area (Å²) in [5.41, 5.74) is 2.89. The molecule has 0 fully saturated rings. The van der Waals surface area contributed by atoms with E-state index in [1.165, 1.54) is 24.0 Å². The summed E-state index contributed by atoms with van der Waals surface area (Å²) in [6.45, 7) is 0. The molecule has 3 nitrogen and oxygen atoms in total. The van der Waals surface area contributed by atoms with E-state index in [0.29, 0.717) is 11.3 Å². The smallest absolute Gasteiger partial charge is 0.255 e. The second-order valence-corrected chi connectivity index (χ2v) is 6.00. The van der Waals surface area contributed by atoms with Gasteiger partial charge in [-0.3, -0.25) is 0 Å². The number of rotatable bonds is 3. The molecule has 1 aliphatic rings. The predicted molar refractivity (Wildman–Crippen MR) is 77.3 cm³/mol. The summed E-state index contributed by atoms with van der Waals surface area (Å²) >= 11 is 1.74. The van der Waals surface area contributed by atoms with E-state index >= 15 is 0 Å². The standard InChI is InChI=1S/C15H18N2OS/c1-16-14-12-7-3-2-5-11(12)6-4-8-13(14)19-15-17-9-10-18-15/h2-3,5,7,9-10,13-14,16H,4,6,8H2,1H3. The number of hydrogen-bond acceptors (Lipinski definition) is 4. The highest BCUT2D eigenvalue weighted by molar-refractivity contribution is 7.99. The topological polar surface area (TPSA) is 38.1 Å². The minimum Gasteiger partial charge on any atom is -0.440 e. The molecule has 100 valence electrons. The van der Waals surface area contributed by atoms with E-state index in [9.17, 15) is 0 Å². The summed E-state index contributed by atoms with van der Waals surface area (Å²) in [5.74, 6) is 0. The Kier molecular flexibility index (Phi) is 3.89. The number of oxazole rings is 1. The highest BCUT2D eigenvalue weighted by Crippen LogP contribution is 2.38. The lowest BCUT2D eigenvalue weighted by Gasteiger charge is -2.24. The first-order valence-electron chi connectivity index (χ1n) is 6.69. The third-order valence-electron chi connectivity index (χ3n) is 3.67. The zero-order valence-electron chi connectivity index (χ0n) is 11.0. The number of nitrogens with zero attached hydrogens (tertiary/aromatic N) is 1. The van der Waals surface area contributed by atoms with Gasteiger partial charge in [0.2, 0.25) is 0 Å². The van der Waals surface area contributed by atoms with Crippen LogP contribution >= 0.6 is 11.8 Å². The Morgan fingerprint density at radius 3 is 3.05 bits per heavy atom. The van der Waals surface area contributed by atoms with Crippen LogP contribution in [-0.4, -0.2) is 17.3 Å². The molecule has 1 N–H and O–H groups in total. The van der Waals surface area contributed by atoms with Gasteiger partial charge in [-0.1, -0.05) is 36.0 Å². The van der Waals surface area contributed by atoms with Crippen molar-refractivity contribution in [3.8, 4) is 0 Å². The quantitative estimate of drug-likeness (QED) is 0.870. The molecule has 0 bridgehead atoms. The molecule has 1 heterocycles. The van der Waals surface area contributed by atoms with Gasteiger partial charge in [-0.05, 0) is 37.4 Å². The molecule has 0 radical (unpaired) electrons. The van der Waals surface area contributed by atoms with Crippen LogP contribution < -0.4 is 5.32 Å². The molecule has 1 aliphatic carbocycles. The summed E-state index contributed by atoms with van der Waals surface area (Å²) in [5, 5.41) is 4.71. The molecule has 0 aliphatic heterocycles. The van der Waals surface area contributed by atoms with Crippen molar-refractivity contribution in [3.05, 3.63) is 47.9 Å². The second-order valence-electron chi connectivity index (χ2n) is 4.81. The first kappa shape index (κ1) is 12.8. The molecule has 1 aromatic carbocycles. The van der Waals surface area contributed by atoms with Gasteiger partial charge in [0.1, 0.15) is 6.26 Å². The number of hydrogen-bond donors (Lipinski definition) is 1. The van der Waals surface area contributed by atoms with Crippen LogP contribution in [0.5, 0.6) is 0 Å².